The van der Waals surface area contributed by atoms with Gasteiger partial charge in [-0.25, -0.2) is 0 Å². The molecule has 0 saturated heterocycles. The molecule has 0 fully saturated rings. The predicted molar refractivity (Wildman–Crippen MR) is 301 cm³/mol. The van der Waals surface area contributed by atoms with Crippen LogP contribution >= 0.6 is 0 Å². The minimum Gasteiger partial charge on any atom is -0.466 e. The average Bonchev–Trinajstić information content (AvgIpc) is 3.35. The molecule has 69 heavy (non-hydrogen) atoms. The van der Waals surface area contributed by atoms with Crippen molar-refractivity contribution in [3.63, 3.8) is 0 Å². The van der Waals surface area contributed by atoms with Gasteiger partial charge in [0.2, 0.25) is 5.91 Å². The zero-order chi connectivity index (χ0) is 50.0. The van der Waals surface area contributed by atoms with E-state index in [2.05, 4.69) is 31.3 Å². The minimum atomic E-state index is -0.667. The Hall–Kier alpha value is -1.40. The summed E-state index contributed by atoms with van der Waals surface area (Å²) in [5.41, 5.74) is 0. The first-order valence-corrected chi connectivity index (χ1v) is 31.4. The molecule has 0 aromatic carbocycles. The third-order valence-electron chi connectivity index (χ3n) is 14.8. The lowest BCUT2D eigenvalue weighted by molar-refractivity contribution is -0.143. The van der Waals surface area contributed by atoms with Gasteiger partial charge in [0, 0.05) is 12.8 Å². The summed E-state index contributed by atoms with van der Waals surface area (Å²) in [4.78, 5) is 24.6. The molecule has 0 spiro atoms. The van der Waals surface area contributed by atoms with E-state index in [1.54, 1.807) is 0 Å². The molecule has 0 aromatic heterocycles. The topological polar surface area (TPSA) is 95.9 Å². The number of rotatable bonds is 59. The molecule has 0 aliphatic rings. The quantitative estimate of drug-likeness (QED) is 0.0321. The second-order valence-corrected chi connectivity index (χ2v) is 21.7. The molecule has 6 nitrogen and oxygen atoms in total. The fraction of sp³-hybridized carbons (Fsp3) is 0.937. The number of carbonyl (C=O) groups excluding carboxylic acids is 2. The Balaban J connectivity index is 3.40. The van der Waals surface area contributed by atoms with Gasteiger partial charge in [0.15, 0.2) is 0 Å². The summed E-state index contributed by atoms with van der Waals surface area (Å²) in [5.74, 6) is -0.0351. The van der Waals surface area contributed by atoms with E-state index >= 15 is 0 Å². The van der Waals surface area contributed by atoms with Gasteiger partial charge >= 0.3 is 5.97 Å². The average molecular weight is 975 g/mol. The normalized spacial score (nSPS) is 12.6. The van der Waals surface area contributed by atoms with Crippen molar-refractivity contribution in [1.82, 2.24) is 5.32 Å². The molecule has 2 atom stereocenters. The molecule has 1 amide bonds. The molecule has 0 rings (SSSR count). The highest BCUT2D eigenvalue weighted by Gasteiger charge is 2.20. The summed E-state index contributed by atoms with van der Waals surface area (Å²) >= 11 is 0. The molecule has 0 saturated carbocycles. The Morgan fingerprint density at radius 3 is 1.03 bits per heavy atom. The van der Waals surface area contributed by atoms with Crippen molar-refractivity contribution in [2.24, 2.45) is 0 Å². The zero-order valence-electron chi connectivity index (χ0n) is 46.8. The summed E-state index contributed by atoms with van der Waals surface area (Å²) in [6.07, 6.45) is 70.7. The number of carbonyl (C=O) groups is 2. The smallest absolute Gasteiger partial charge is 0.305 e. The maximum absolute atomic E-state index is 12.5. The van der Waals surface area contributed by atoms with Crippen LogP contribution in [0.4, 0.5) is 0 Å². The molecule has 410 valence electrons. The monoisotopic (exact) mass is 974 g/mol. The number of esters is 1. The van der Waals surface area contributed by atoms with Crippen LogP contribution in [0, 0.1) is 0 Å². The predicted octanol–water partition coefficient (Wildman–Crippen LogP) is 19.6. The molecule has 3 N–H and O–H groups in total. The van der Waals surface area contributed by atoms with Crippen molar-refractivity contribution in [3.8, 4) is 0 Å². The van der Waals surface area contributed by atoms with E-state index in [0.717, 1.165) is 44.9 Å². The summed E-state index contributed by atoms with van der Waals surface area (Å²) in [6, 6.07) is -0.545. The highest BCUT2D eigenvalue weighted by atomic mass is 16.5. The molecule has 0 aliphatic carbocycles. The first kappa shape index (κ1) is 67.6. The van der Waals surface area contributed by atoms with Crippen molar-refractivity contribution in [1.29, 1.82) is 0 Å². The van der Waals surface area contributed by atoms with Gasteiger partial charge < -0.3 is 20.3 Å². The van der Waals surface area contributed by atoms with Crippen LogP contribution in [-0.2, 0) is 14.3 Å². The first-order chi connectivity index (χ1) is 34.0. The lowest BCUT2D eigenvalue weighted by Gasteiger charge is -2.22. The number of amides is 1. The van der Waals surface area contributed by atoms with E-state index < -0.39 is 12.1 Å². The standard InChI is InChI=1S/C63H123NO5/c1-3-5-7-9-11-13-15-17-19-20-21-24-28-31-35-39-43-47-51-55-61(66)60(59-65)64-62(67)56-52-48-44-40-36-32-29-25-22-23-26-30-34-38-42-46-50-54-58-69-63(68)57-53-49-45-41-37-33-27-18-16-14-12-10-8-6-4-2/h18,27,60-61,65-66H,3-17,19-26,28-59H2,1-2H3,(H,64,67)/b27-18-. The van der Waals surface area contributed by atoms with Gasteiger partial charge in [0.1, 0.15) is 0 Å². The SMILES string of the molecule is CCCCCCCC/C=C\CCCCCCCC(=O)OCCCCCCCCCCCCCCCCCCCCC(=O)NC(CO)C(O)CCCCCCCCCCCCCCCCCCCCC. The molecule has 2 unspecified atom stereocenters. The number of allylic oxidation sites excluding steroid dienone is 2. The van der Waals surface area contributed by atoms with Crippen molar-refractivity contribution in [3.05, 3.63) is 12.2 Å². The number of hydrogen-bond donors (Lipinski definition) is 3. The van der Waals surface area contributed by atoms with E-state index in [4.69, 9.17) is 4.74 Å². The number of aliphatic hydroxyl groups excluding tert-OH is 2. The number of nitrogens with one attached hydrogen (secondary N) is 1. The number of unbranched alkanes of at least 4 members (excludes halogenated alkanes) is 46. The van der Waals surface area contributed by atoms with Crippen molar-refractivity contribution >= 4 is 11.9 Å². The molecule has 6 heteroatoms. The third-order valence-corrected chi connectivity index (χ3v) is 14.8. The minimum absolute atomic E-state index is 0.000414. The molecule has 0 heterocycles. The lowest BCUT2D eigenvalue weighted by Crippen LogP contribution is -2.45. The van der Waals surface area contributed by atoms with E-state index in [9.17, 15) is 19.8 Å². The molecular formula is C63H123NO5. The van der Waals surface area contributed by atoms with Gasteiger partial charge in [-0.1, -0.05) is 302 Å². The van der Waals surface area contributed by atoms with Crippen LogP contribution in [0.5, 0.6) is 0 Å². The van der Waals surface area contributed by atoms with Gasteiger partial charge in [-0.3, -0.25) is 9.59 Å². The van der Waals surface area contributed by atoms with Crippen LogP contribution in [0.25, 0.3) is 0 Å². The molecular weight excluding hydrogens is 851 g/mol. The van der Waals surface area contributed by atoms with Gasteiger partial charge in [0.05, 0.1) is 25.4 Å². The van der Waals surface area contributed by atoms with E-state index in [0.29, 0.717) is 25.9 Å². The van der Waals surface area contributed by atoms with Crippen molar-refractivity contribution in [2.45, 2.75) is 366 Å². The Kier molecular flexibility index (Phi) is 58.0. The molecule has 0 aliphatic heterocycles. The van der Waals surface area contributed by atoms with E-state index in [1.165, 1.54) is 276 Å². The summed E-state index contributed by atoms with van der Waals surface area (Å²) < 4.78 is 5.48. The van der Waals surface area contributed by atoms with Crippen LogP contribution in [-0.4, -0.2) is 47.4 Å². The Bertz CT molecular complexity index is 1030. The van der Waals surface area contributed by atoms with Gasteiger partial charge in [-0.15, -0.1) is 0 Å². The fourth-order valence-corrected chi connectivity index (χ4v) is 9.99. The maximum atomic E-state index is 12.5. The number of hydrogen-bond acceptors (Lipinski definition) is 5. The number of aliphatic hydroxyl groups is 2. The van der Waals surface area contributed by atoms with Crippen LogP contribution in [0.2, 0.25) is 0 Å². The van der Waals surface area contributed by atoms with Gasteiger partial charge in [-0.05, 0) is 51.4 Å². The first-order valence-electron chi connectivity index (χ1n) is 31.4. The summed E-state index contributed by atoms with van der Waals surface area (Å²) in [5, 5.41) is 23.4. The Morgan fingerprint density at radius 1 is 0.391 bits per heavy atom. The molecule has 0 aromatic rings. The van der Waals surface area contributed by atoms with Gasteiger partial charge in [0.25, 0.3) is 0 Å². The maximum Gasteiger partial charge on any atom is 0.305 e. The summed E-state index contributed by atoms with van der Waals surface area (Å²) in [6.45, 7) is 4.97. The molecule has 0 bridgehead atoms. The van der Waals surface area contributed by atoms with Crippen molar-refractivity contribution in [2.75, 3.05) is 13.2 Å². The molecule has 0 radical (unpaired) electrons. The fourth-order valence-electron chi connectivity index (χ4n) is 9.99. The number of ether oxygens (including phenoxy) is 1. The summed E-state index contributed by atoms with van der Waals surface area (Å²) in [7, 11) is 0. The van der Waals surface area contributed by atoms with Gasteiger partial charge in [-0.2, -0.15) is 0 Å². The van der Waals surface area contributed by atoms with Crippen LogP contribution < -0.4 is 5.32 Å². The van der Waals surface area contributed by atoms with Crippen molar-refractivity contribution < 1.29 is 24.5 Å². The Labute approximate surface area is 431 Å². The lowest BCUT2D eigenvalue weighted by atomic mass is 10.0. The highest BCUT2D eigenvalue weighted by molar-refractivity contribution is 5.76. The van der Waals surface area contributed by atoms with Crippen LogP contribution in [0.15, 0.2) is 12.2 Å². The zero-order valence-corrected chi connectivity index (χ0v) is 46.8. The second-order valence-electron chi connectivity index (χ2n) is 21.7. The second kappa shape index (κ2) is 59.2. The highest BCUT2D eigenvalue weighted by Crippen LogP contribution is 2.18. The third kappa shape index (κ3) is 55.8. The van der Waals surface area contributed by atoms with Crippen LogP contribution in [0.1, 0.15) is 354 Å². The van der Waals surface area contributed by atoms with E-state index in [-0.39, 0.29) is 18.5 Å². The van der Waals surface area contributed by atoms with E-state index in [1.807, 2.05) is 0 Å². The van der Waals surface area contributed by atoms with Crippen LogP contribution in [0.3, 0.4) is 0 Å². The Morgan fingerprint density at radius 2 is 0.681 bits per heavy atom. The largest absolute Gasteiger partial charge is 0.466 e.